The van der Waals surface area contributed by atoms with Crippen LogP contribution in [-0.4, -0.2) is 38.7 Å². The molecular weight excluding hydrogens is 358 g/mol. The zero-order valence-electron chi connectivity index (χ0n) is 16.6. The first-order valence-electron chi connectivity index (χ1n) is 9.33. The Morgan fingerprint density at radius 2 is 2.07 bits per heavy atom. The predicted octanol–water partition coefficient (Wildman–Crippen LogP) is 3.17. The third-order valence-corrected chi connectivity index (χ3v) is 5.48. The lowest BCUT2D eigenvalue weighted by molar-refractivity contribution is 0.296. The molecule has 0 aliphatic heterocycles. The van der Waals surface area contributed by atoms with Crippen molar-refractivity contribution in [2.24, 2.45) is 10.9 Å². The molecule has 0 amide bonds. The molecule has 0 bridgehead atoms. The Morgan fingerprint density at radius 3 is 2.74 bits per heavy atom. The second kappa shape index (κ2) is 9.08. The molecular formula is C20H29N5OS. The number of nitrogens with zero attached hydrogens (tertiary/aromatic N) is 3. The summed E-state index contributed by atoms with van der Waals surface area (Å²) >= 11 is 1.64. The van der Waals surface area contributed by atoms with E-state index in [9.17, 15) is 0 Å². The standard InChI is InChI=1S/C20H29N5OS/c1-14-5-8-16(18(9-14)26-12-15-6-7-15)10-22-19(21-2)23-11-17-13-27-20(24-17)25(3)4/h5,8-9,13,15H,6-7,10-12H2,1-4H3,(H2,21,22,23). The van der Waals surface area contributed by atoms with Crippen molar-refractivity contribution in [2.75, 3.05) is 32.6 Å². The number of thiazole rings is 1. The highest BCUT2D eigenvalue weighted by molar-refractivity contribution is 7.13. The minimum absolute atomic E-state index is 0.642. The van der Waals surface area contributed by atoms with E-state index in [1.165, 1.54) is 18.4 Å². The van der Waals surface area contributed by atoms with Crippen LogP contribution < -0.4 is 20.3 Å². The van der Waals surface area contributed by atoms with Crippen molar-refractivity contribution in [3.63, 3.8) is 0 Å². The maximum absolute atomic E-state index is 6.05. The van der Waals surface area contributed by atoms with Gasteiger partial charge in [0.2, 0.25) is 0 Å². The van der Waals surface area contributed by atoms with Gasteiger partial charge in [-0.2, -0.15) is 0 Å². The fraction of sp³-hybridized carbons (Fsp3) is 0.500. The topological polar surface area (TPSA) is 61.8 Å². The number of aromatic nitrogens is 1. The smallest absolute Gasteiger partial charge is 0.191 e. The van der Waals surface area contributed by atoms with Crippen molar-refractivity contribution in [2.45, 2.75) is 32.9 Å². The van der Waals surface area contributed by atoms with Crippen LogP contribution in [0.1, 0.15) is 29.7 Å². The number of aryl methyl sites for hydroxylation is 1. The number of aliphatic imine (C=N–C) groups is 1. The van der Waals surface area contributed by atoms with E-state index in [0.29, 0.717) is 13.1 Å². The number of nitrogens with one attached hydrogen (secondary N) is 2. The second-order valence-corrected chi connectivity index (χ2v) is 8.00. The van der Waals surface area contributed by atoms with E-state index < -0.39 is 0 Å². The summed E-state index contributed by atoms with van der Waals surface area (Å²) in [6, 6.07) is 6.37. The summed E-state index contributed by atoms with van der Waals surface area (Å²) in [6.07, 6.45) is 2.59. The molecule has 146 valence electrons. The van der Waals surface area contributed by atoms with Gasteiger partial charge in [-0.3, -0.25) is 4.99 Å². The molecule has 1 aromatic carbocycles. The van der Waals surface area contributed by atoms with Gasteiger partial charge in [-0.15, -0.1) is 11.3 Å². The van der Waals surface area contributed by atoms with E-state index in [2.05, 4.69) is 51.1 Å². The van der Waals surface area contributed by atoms with Crippen molar-refractivity contribution in [3.8, 4) is 5.75 Å². The average molecular weight is 388 g/mol. The van der Waals surface area contributed by atoms with Gasteiger partial charge in [-0.1, -0.05) is 12.1 Å². The summed E-state index contributed by atoms with van der Waals surface area (Å²) in [5.41, 5.74) is 3.37. The molecule has 1 fully saturated rings. The van der Waals surface area contributed by atoms with Gasteiger partial charge >= 0.3 is 0 Å². The molecule has 6 nitrogen and oxygen atoms in total. The molecule has 1 aromatic heterocycles. The Hall–Kier alpha value is -2.28. The van der Waals surface area contributed by atoms with Gasteiger partial charge in [0.15, 0.2) is 11.1 Å². The van der Waals surface area contributed by atoms with Crippen LogP contribution in [-0.2, 0) is 13.1 Å². The highest BCUT2D eigenvalue weighted by Gasteiger charge is 2.22. The normalized spacial score (nSPS) is 14.1. The highest BCUT2D eigenvalue weighted by Crippen LogP contribution is 2.30. The third kappa shape index (κ3) is 5.85. The molecule has 2 N–H and O–H groups in total. The first-order valence-corrected chi connectivity index (χ1v) is 10.2. The van der Waals surface area contributed by atoms with E-state index in [0.717, 1.165) is 40.6 Å². The largest absolute Gasteiger partial charge is 0.493 e. The van der Waals surface area contributed by atoms with Gasteiger partial charge in [-0.05, 0) is 37.3 Å². The molecule has 0 spiro atoms. The van der Waals surface area contributed by atoms with Gasteiger partial charge in [0.05, 0.1) is 18.8 Å². The number of anilines is 1. The number of ether oxygens (including phenoxy) is 1. The SMILES string of the molecule is CN=C(NCc1csc(N(C)C)n1)NCc1ccc(C)cc1OCC1CC1. The number of hydrogen-bond acceptors (Lipinski definition) is 5. The van der Waals surface area contributed by atoms with Crippen LogP contribution in [0.15, 0.2) is 28.6 Å². The molecule has 7 heteroatoms. The van der Waals surface area contributed by atoms with Crippen molar-refractivity contribution in [1.29, 1.82) is 0 Å². The predicted molar refractivity (Wildman–Crippen MR) is 113 cm³/mol. The maximum atomic E-state index is 6.05. The Morgan fingerprint density at radius 1 is 1.30 bits per heavy atom. The minimum atomic E-state index is 0.642. The first-order chi connectivity index (χ1) is 13.0. The molecule has 0 unspecified atom stereocenters. The van der Waals surface area contributed by atoms with Gasteiger partial charge in [0.1, 0.15) is 5.75 Å². The van der Waals surface area contributed by atoms with Gasteiger partial charge < -0.3 is 20.3 Å². The van der Waals surface area contributed by atoms with E-state index in [1.54, 1.807) is 18.4 Å². The van der Waals surface area contributed by atoms with Crippen molar-refractivity contribution >= 4 is 22.4 Å². The number of guanidine groups is 1. The van der Waals surface area contributed by atoms with Crippen molar-refractivity contribution in [1.82, 2.24) is 15.6 Å². The highest BCUT2D eigenvalue weighted by atomic mass is 32.1. The molecule has 1 aliphatic rings. The minimum Gasteiger partial charge on any atom is -0.493 e. The van der Waals surface area contributed by atoms with Gasteiger partial charge in [-0.25, -0.2) is 4.98 Å². The van der Waals surface area contributed by atoms with E-state index in [4.69, 9.17) is 4.74 Å². The molecule has 1 saturated carbocycles. The van der Waals surface area contributed by atoms with Crippen LogP contribution in [0.25, 0.3) is 0 Å². The number of hydrogen-bond donors (Lipinski definition) is 2. The molecule has 1 aliphatic carbocycles. The van der Waals surface area contributed by atoms with E-state index >= 15 is 0 Å². The van der Waals surface area contributed by atoms with Gasteiger partial charge in [0, 0.05) is 38.6 Å². The van der Waals surface area contributed by atoms with Crippen molar-refractivity contribution < 1.29 is 4.74 Å². The summed E-state index contributed by atoms with van der Waals surface area (Å²) in [5, 5.41) is 9.77. The van der Waals surface area contributed by atoms with Crippen LogP contribution in [0.2, 0.25) is 0 Å². The Bertz CT molecular complexity index is 782. The summed E-state index contributed by atoms with van der Waals surface area (Å²) in [6.45, 7) is 4.22. The maximum Gasteiger partial charge on any atom is 0.191 e. The van der Waals surface area contributed by atoms with Gasteiger partial charge in [0.25, 0.3) is 0 Å². The van der Waals surface area contributed by atoms with Crippen molar-refractivity contribution in [3.05, 3.63) is 40.4 Å². The molecule has 3 rings (SSSR count). The van der Waals surface area contributed by atoms with Crippen LogP contribution >= 0.6 is 11.3 Å². The van der Waals surface area contributed by atoms with Crippen LogP contribution in [0.3, 0.4) is 0 Å². The lowest BCUT2D eigenvalue weighted by Gasteiger charge is -2.15. The third-order valence-electron chi connectivity index (χ3n) is 4.42. The Balaban J connectivity index is 1.53. The summed E-state index contributed by atoms with van der Waals surface area (Å²) in [4.78, 5) is 10.9. The average Bonchev–Trinajstić information content (AvgIpc) is 3.36. The summed E-state index contributed by atoms with van der Waals surface area (Å²) in [5.74, 6) is 2.47. The molecule has 0 atom stereocenters. The Labute approximate surface area is 165 Å². The Kier molecular flexibility index (Phi) is 6.55. The monoisotopic (exact) mass is 387 g/mol. The van der Waals surface area contributed by atoms with Crippen LogP contribution in [0, 0.1) is 12.8 Å². The zero-order chi connectivity index (χ0) is 19.2. The van der Waals surface area contributed by atoms with Crippen LogP contribution in [0.5, 0.6) is 5.75 Å². The molecule has 1 heterocycles. The van der Waals surface area contributed by atoms with E-state index in [-0.39, 0.29) is 0 Å². The zero-order valence-corrected chi connectivity index (χ0v) is 17.4. The summed E-state index contributed by atoms with van der Waals surface area (Å²) < 4.78 is 6.05. The molecule has 0 radical (unpaired) electrons. The number of rotatable bonds is 8. The second-order valence-electron chi connectivity index (χ2n) is 7.16. The fourth-order valence-corrected chi connectivity index (χ4v) is 3.35. The van der Waals surface area contributed by atoms with E-state index in [1.807, 2.05) is 19.0 Å². The quantitative estimate of drug-likeness (QED) is 0.538. The molecule has 0 saturated heterocycles. The lowest BCUT2D eigenvalue weighted by atomic mass is 10.1. The number of benzene rings is 1. The summed E-state index contributed by atoms with van der Waals surface area (Å²) in [7, 11) is 5.78. The molecule has 27 heavy (non-hydrogen) atoms. The van der Waals surface area contributed by atoms with Crippen LogP contribution in [0.4, 0.5) is 5.13 Å². The fourth-order valence-electron chi connectivity index (χ4n) is 2.59. The molecule has 2 aromatic rings. The lowest BCUT2D eigenvalue weighted by Crippen LogP contribution is -2.36. The first kappa shape index (κ1) is 19.5.